The average Bonchev–Trinajstić information content (AvgIpc) is 3.72. The number of rotatable bonds is 2. The maximum absolute atomic E-state index is 9.38. The van der Waals surface area contributed by atoms with E-state index < -0.39 is 0 Å². The predicted molar refractivity (Wildman–Crippen MR) is 176 cm³/mol. The van der Waals surface area contributed by atoms with Gasteiger partial charge in [0.25, 0.3) is 0 Å². The van der Waals surface area contributed by atoms with E-state index in [2.05, 4.69) is 98.9 Å². The second kappa shape index (κ2) is 8.37. The third kappa shape index (κ3) is 2.90. The minimum Gasteiger partial charge on any atom is -0.308 e. The van der Waals surface area contributed by atoms with Crippen LogP contribution in [0.5, 0.6) is 0 Å². The number of hydrogen-bond acceptors (Lipinski definition) is 4. The molecule has 0 saturated heterocycles. The van der Waals surface area contributed by atoms with Crippen LogP contribution in [0.1, 0.15) is 5.56 Å². The van der Waals surface area contributed by atoms with Crippen LogP contribution in [0.2, 0.25) is 0 Å². The van der Waals surface area contributed by atoms with Gasteiger partial charge in [0, 0.05) is 49.5 Å². The fourth-order valence-corrected chi connectivity index (χ4v) is 7.15. The van der Waals surface area contributed by atoms with Gasteiger partial charge >= 0.3 is 0 Å². The first-order valence-electron chi connectivity index (χ1n) is 14.5. The van der Waals surface area contributed by atoms with Gasteiger partial charge in [-0.1, -0.05) is 66.7 Å². The number of nitrogens with zero attached hydrogens (tertiary/aromatic N) is 6. The number of pyridine rings is 1. The normalized spacial score (nSPS) is 12.1. The molecule has 0 unspecified atom stereocenters. The summed E-state index contributed by atoms with van der Waals surface area (Å²) in [4.78, 5) is 15.0. The van der Waals surface area contributed by atoms with E-state index in [0.29, 0.717) is 17.2 Å². The summed E-state index contributed by atoms with van der Waals surface area (Å²) in [7, 11) is 0. The first-order valence-corrected chi connectivity index (χ1v) is 14.5. The van der Waals surface area contributed by atoms with Crippen LogP contribution in [0.3, 0.4) is 0 Å². The Morgan fingerprint density at radius 2 is 1.23 bits per heavy atom. The summed E-state index contributed by atoms with van der Waals surface area (Å²) < 4.78 is 4.61. The maximum Gasteiger partial charge on any atom is 0.237 e. The monoisotopic (exact) mass is 560 g/mol. The molecule has 202 valence electrons. The summed E-state index contributed by atoms with van der Waals surface area (Å²) >= 11 is 0. The minimum absolute atomic E-state index is 0.559. The van der Waals surface area contributed by atoms with Gasteiger partial charge in [0.1, 0.15) is 0 Å². The van der Waals surface area contributed by atoms with E-state index in [4.69, 9.17) is 9.97 Å². The topological polar surface area (TPSA) is 71.8 Å². The highest BCUT2D eigenvalue weighted by molar-refractivity contribution is 6.35. The molecule has 10 rings (SSSR count). The molecule has 5 aromatic heterocycles. The third-order valence-electron chi connectivity index (χ3n) is 8.95. The van der Waals surface area contributed by atoms with Crippen molar-refractivity contribution in [3.05, 3.63) is 127 Å². The number of para-hydroxylation sites is 3. The van der Waals surface area contributed by atoms with Crippen LogP contribution in [0, 0.1) is 11.3 Å². The molecule has 0 saturated carbocycles. The van der Waals surface area contributed by atoms with Crippen molar-refractivity contribution in [2.24, 2.45) is 0 Å². The summed E-state index contributed by atoms with van der Waals surface area (Å²) in [6.07, 6.45) is 1.77. The van der Waals surface area contributed by atoms with E-state index in [0.717, 1.165) is 33.1 Å². The van der Waals surface area contributed by atoms with E-state index >= 15 is 0 Å². The van der Waals surface area contributed by atoms with Crippen molar-refractivity contribution in [1.82, 2.24) is 23.9 Å². The zero-order valence-electron chi connectivity index (χ0n) is 23.2. The Balaban J connectivity index is 1.41. The highest BCUT2D eigenvalue weighted by atomic mass is 15.2. The molecule has 10 aromatic rings. The zero-order chi connectivity index (χ0) is 28.9. The molecule has 0 amide bonds. The van der Waals surface area contributed by atoms with Crippen LogP contribution < -0.4 is 0 Å². The minimum atomic E-state index is 0.559. The molecule has 0 N–H and O–H groups in total. The largest absolute Gasteiger partial charge is 0.308 e. The lowest BCUT2D eigenvalue weighted by atomic mass is 10.0. The fraction of sp³-hybridized carbons (Fsp3) is 0. The van der Waals surface area contributed by atoms with E-state index in [1.165, 1.54) is 43.5 Å². The SMILES string of the molecule is N#Cc1ccc(-c2nc(-n3c4ccccc4c4c5c6ccccc6n6c7ccccc7c(cc43)c56)nc3ncccc23)cc1. The standard InChI is InChI=1S/C38H20N6/c39-21-22-15-17-23(18-16-22)35-27-11-7-19-40-37(27)42-38(41-35)44-31-14-6-2-9-25(31)33-32(44)20-28-24-8-1-4-12-29(24)43-30-13-5-3-10-26(30)34(33)36(28)43/h1-20H. The fourth-order valence-electron chi connectivity index (χ4n) is 7.15. The van der Waals surface area contributed by atoms with Gasteiger partial charge in [-0.25, -0.2) is 9.97 Å². The summed E-state index contributed by atoms with van der Waals surface area (Å²) in [5, 5.41) is 17.5. The highest BCUT2D eigenvalue weighted by Crippen LogP contribution is 2.46. The smallest absolute Gasteiger partial charge is 0.237 e. The van der Waals surface area contributed by atoms with Gasteiger partial charge in [0.05, 0.1) is 44.9 Å². The van der Waals surface area contributed by atoms with Crippen LogP contribution in [0.4, 0.5) is 0 Å². The Kier molecular flexibility index (Phi) is 4.43. The van der Waals surface area contributed by atoms with E-state index in [1.807, 2.05) is 36.4 Å². The third-order valence-corrected chi connectivity index (χ3v) is 8.95. The van der Waals surface area contributed by atoms with Crippen LogP contribution in [0.25, 0.3) is 88.1 Å². The molecular formula is C38H20N6. The van der Waals surface area contributed by atoms with E-state index in [9.17, 15) is 5.26 Å². The molecule has 0 aliphatic rings. The number of aromatic nitrogens is 5. The lowest BCUT2D eigenvalue weighted by Crippen LogP contribution is -2.04. The van der Waals surface area contributed by atoms with Gasteiger partial charge in [-0.05, 0) is 48.5 Å². The lowest BCUT2D eigenvalue weighted by molar-refractivity contribution is 1.01. The molecule has 0 bridgehead atoms. The number of hydrogen-bond donors (Lipinski definition) is 0. The second-order valence-corrected chi connectivity index (χ2v) is 11.2. The Morgan fingerprint density at radius 3 is 2.00 bits per heavy atom. The van der Waals surface area contributed by atoms with Gasteiger partial charge in [-0.15, -0.1) is 0 Å². The highest BCUT2D eigenvalue weighted by Gasteiger charge is 2.25. The van der Waals surface area contributed by atoms with Crippen molar-refractivity contribution in [3.8, 4) is 23.3 Å². The van der Waals surface area contributed by atoms with Crippen molar-refractivity contribution in [3.63, 3.8) is 0 Å². The molecule has 0 atom stereocenters. The summed E-state index contributed by atoms with van der Waals surface area (Å²) in [6, 6.07) is 41.8. The molecule has 6 nitrogen and oxygen atoms in total. The van der Waals surface area contributed by atoms with E-state index in [1.54, 1.807) is 6.20 Å². The Bertz CT molecular complexity index is 2830. The molecule has 0 aliphatic carbocycles. The summed E-state index contributed by atoms with van der Waals surface area (Å²) in [5.41, 5.74) is 8.64. The first kappa shape index (κ1) is 23.3. The van der Waals surface area contributed by atoms with Gasteiger partial charge in [-0.2, -0.15) is 10.2 Å². The van der Waals surface area contributed by atoms with Crippen molar-refractivity contribution in [2.75, 3.05) is 0 Å². The Morgan fingerprint density at radius 1 is 0.568 bits per heavy atom. The molecule has 0 spiro atoms. The Hall–Kier alpha value is -6.32. The number of benzene rings is 5. The maximum atomic E-state index is 9.38. The number of nitriles is 1. The molecule has 6 heteroatoms. The quantitative estimate of drug-likeness (QED) is 0.212. The van der Waals surface area contributed by atoms with Crippen molar-refractivity contribution in [1.29, 1.82) is 5.26 Å². The Labute approximate surface area is 250 Å². The molecular weight excluding hydrogens is 540 g/mol. The number of fused-ring (bicyclic) bond motifs is 11. The van der Waals surface area contributed by atoms with Gasteiger partial charge < -0.3 is 4.40 Å². The molecule has 0 radical (unpaired) electrons. The van der Waals surface area contributed by atoms with Crippen LogP contribution in [-0.4, -0.2) is 23.9 Å². The zero-order valence-corrected chi connectivity index (χ0v) is 23.2. The molecule has 5 heterocycles. The lowest BCUT2D eigenvalue weighted by Gasteiger charge is -2.11. The van der Waals surface area contributed by atoms with Crippen molar-refractivity contribution >= 4 is 70.9 Å². The first-order chi connectivity index (χ1) is 21.8. The molecule has 5 aromatic carbocycles. The predicted octanol–water partition coefficient (Wildman–Crippen LogP) is 8.81. The molecule has 0 fully saturated rings. The molecule has 44 heavy (non-hydrogen) atoms. The molecule has 0 aliphatic heterocycles. The van der Waals surface area contributed by atoms with Crippen molar-refractivity contribution < 1.29 is 0 Å². The van der Waals surface area contributed by atoms with Gasteiger partial charge in [0.15, 0.2) is 5.65 Å². The van der Waals surface area contributed by atoms with Crippen LogP contribution >= 0.6 is 0 Å². The van der Waals surface area contributed by atoms with Crippen molar-refractivity contribution in [2.45, 2.75) is 0 Å². The average molecular weight is 561 g/mol. The van der Waals surface area contributed by atoms with E-state index in [-0.39, 0.29) is 0 Å². The van der Waals surface area contributed by atoms with Crippen LogP contribution in [0.15, 0.2) is 121 Å². The van der Waals surface area contributed by atoms with Crippen LogP contribution in [-0.2, 0) is 0 Å². The van der Waals surface area contributed by atoms with Gasteiger partial charge in [-0.3, -0.25) is 4.57 Å². The summed E-state index contributed by atoms with van der Waals surface area (Å²) in [5.74, 6) is 0.559. The summed E-state index contributed by atoms with van der Waals surface area (Å²) in [6.45, 7) is 0. The second-order valence-electron chi connectivity index (χ2n) is 11.2. The van der Waals surface area contributed by atoms with Gasteiger partial charge in [0.2, 0.25) is 5.95 Å².